The van der Waals surface area contributed by atoms with Crippen molar-refractivity contribution in [2.24, 2.45) is 0 Å². The lowest BCUT2D eigenvalue weighted by Gasteiger charge is -2.19. The fourth-order valence-electron chi connectivity index (χ4n) is 3.82. The molecule has 0 atom stereocenters. The first-order valence-corrected chi connectivity index (χ1v) is 10.8. The lowest BCUT2D eigenvalue weighted by atomic mass is 9.87. The van der Waals surface area contributed by atoms with Gasteiger partial charge in [-0.15, -0.1) is 0 Å². The quantitative estimate of drug-likeness (QED) is 0.523. The molecule has 0 spiro atoms. The summed E-state index contributed by atoms with van der Waals surface area (Å²) in [6.07, 6.45) is 0. The lowest BCUT2D eigenvalue weighted by Crippen LogP contribution is -2.32. The van der Waals surface area contributed by atoms with Crippen LogP contribution in [0.1, 0.15) is 43.0 Å². The van der Waals surface area contributed by atoms with Gasteiger partial charge in [0.1, 0.15) is 5.70 Å². The molecule has 0 unspecified atom stereocenters. The Morgan fingerprint density at radius 2 is 1.41 bits per heavy atom. The Morgan fingerprint density at radius 1 is 0.750 bits per heavy atom. The number of anilines is 2. The number of imide groups is 1. The number of hydrogen-bond donors (Lipinski definition) is 1. The molecule has 1 aliphatic heterocycles. The van der Waals surface area contributed by atoms with E-state index < -0.39 is 0 Å². The number of nitrogens with one attached hydrogen (secondary N) is 1. The number of carbonyl (C=O) groups excluding carboxylic acids is 2. The molecule has 2 amide bonds. The Morgan fingerprint density at radius 3 is 2.00 bits per heavy atom. The Kier molecular flexibility index (Phi) is 5.47. The molecule has 4 nitrogen and oxygen atoms in total. The molecular weight excluding hydrogens is 396 g/mol. The minimum Gasteiger partial charge on any atom is -0.350 e. The third-order valence-corrected chi connectivity index (χ3v) is 5.91. The molecule has 0 saturated heterocycles. The second kappa shape index (κ2) is 8.12. The van der Waals surface area contributed by atoms with E-state index in [1.165, 1.54) is 10.5 Å². The van der Waals surface area contributed by atoms with E-state index in [1.807, 2.05) is 62.4 Å². The molecule has 0 aliphatic carbocycles. The highest BCUT2D eigenvalue weighted by Gasteiger charge is 2.40. The van der Waals surface area contributed by atoms with Crippen LogP contribution in [-0.2, 0) is 15.0 Å². The first kappa shape index (κ1) is 21.6. The van der Waals surface area contributed by atoms with Gasteiger partial charge in [0, 0.05) is 5.69 Å². The zero-order valence-electron chi connectivity index (χ0n) is 19.2. The van der Waals surface area contributed by atoms with Gasteiger partial charge in [0.15, 0.2) is 0 Å². The van der Waals surface area contributed by atoms with Gasteiger partial charge in [-0.1, -0.05) is 69.3 Å². The van der Waals surface area contributed by atoms with Crippen molar-refractivity contribution in [3.8, 4) is 0 Å². The van der Waals surface area contributed by atoms with Crippen LogP contribution in [0.15, 0.2) is 78.5 Å². The van der Waals surface area contributed by atoms with Crippen LogP contribution in [0, 0.1) is 13.8 Å². The highest BCUT2D eigenvalue weighted by Crippen LogP contribution is 2.34. The van der Waals surface area contributed by atoms with E-state index in [1.54, 1.807) is 12.1 Å². The largest absolute Gasteiger partial charge is 0.350 e. The number of amides is 2. The van der Waals surface area contributed by atoms with Crippen LogP contribution in [0.4, 0.5) is 11.4 Å². The Labute approximate surface area is 189 Å². The van der Waals surface area contributed by atoms with Crippen LogP contribution in [0.3, 0.4) is 0 Å². The summed E-state index contributed by atoms with van der Waals surface area (Å²) in [7, 11) is 0. The molecule has 3 aromatic rings. The fourth-order valence-corrected chi connectivity index (χ4v) is 3.82. The summed E-state index contributed by atoms with van der Waals surface area (Å²) in [5.74, 6) is -0.674. The van der Waals surface area contributed by atoms with E-state index in [0.29, 0.717) is 17.0 Å². The average Bonchev–Trinajstić information content (AvgIpc) is 3.00. The summed E-state index contributed by atoms with van der Waals surface area (Å²) in [5.41, 5.74) is 6.19. The van der Waals surface area contributed by atoms with Crippen molar-refractivity contribution in [1.29, 1.82) is 0 Å². The molecule has 0 aromatic heterocycles. The van der Waals surface area contributed by atoms with Crippen molar-refractivity contribution in [2.75, 3.05) is 10.2 Å². The second-order valence-electron chi connectivity index (χ2n) is 9.28. The van der Waals surface area contributed by atoms with Gasteiger partial charge >= 0.3 is 0 Å². The molecule has 4 heteroatoms. The zero-order valence-corrected chi connectivity index (χ0v) is 19.2. The van der Waals surface area contributed by atoms with Crippen LogP contribution >= 0.6 is 0 Å². The van der Waals surface area contributed by atoms with Gasteiger partial charge in [0.2, 0.25) is 0 Å². The highest BCUT2D eigenvalue weighted by molar-refractivity contribution is 6.46. The first-order valence-electron chi connectivity index (χ1n) is 10.8. The number of benzene rings is 3. The maximum atomic E-state index is 13.5. The van der Waals surface area contributed by atoms with Crippen molar-refractivity contribution in [1.82, 2.24) is 0 Å². The Hall–Kier alpha value is -3.66. The van der Waals surface area contributed by atoms with E-state index in [-0.39, 0.29) is 17.2 Å². The third kappa shape index (κ3) is 3.96. The Bertz CT molecular complexity index is 1220. The molecule has 162 valence electrons. The molecule has 3 aromatic carbocycles. The van der Waals surface area contributed by atoms with Crippen LogP contribution in [0.5, 0.6) is 0 Å². The highest BCUT2D eigenvalue weighted by atomic mass is 16.2. The molecule has 0 bridgehead atoms. The monoisotopic (exact) mass is 424 g/mol. The van der Waals surface area contributed by atoms with E-state index in [9.17, 15) is 9.59 Å². The van der Waals surface area contributed by atoms with Gasteiger partial charge < -0.3 is 5.32 Å². The molecule has 32 heavy (non-hydrogen) atoms. The normalized spacial score (nSPS) is 14.3. The molecule has 1 heterocycles. The van der Waals surface area contributed by atoms with Crippen molar-refractivity contribution < 1.29 is 9.59 Å². The summed E-state index contributed by atoms with van der Waals surface area (Å²) in [6, 6.07) is 22.9. The number of nitrogens with zero attached hydrogens (tertiary/aromatic N) is 1. The predicted molar refractivity (Wildman–Crippen MR) is 131 cm³/mol. The molecule has 0 saturated carbocycles. The lowest BCUT2D eigenvalue weighted by molar-refractivity contribution is -0.120. The Balaban J connectivity index is 1.79. The second-order valence-corrected chi connectivity index (χ2v) is 9.28. The molecule has 4 rings (SSSR count). The van der Waals surface area contributed by atoms with Crippen molar-refractivity contribution in [3.63, 3.8) is 0 Å². The molecule has 1 N–H and O–H groups in total. The summed E-state index contributed by atoms with van der Waals surface area (Å²) < 4.78 is 0. The summed E-state index contributed by atoms with van der Waals surface area (Å²) in [5, 5.41) is 3.25. The van der Waals surface area contributed by atoms with Crippen molar-refractivity contribution in [2.45, 2.75) is 40.0 Å². The van der Waals surface area contributed by atoms with E-state index in [0.717, 1.165) is 22.4 Å². The van der Waals surface area contributed by atoms with Gasteiger partial charge in [-0.25, -0.2) is 4.90 Å². The minimum atomic E-state index is -0.352. The van der Waals surface area contributed by atoms with Gasteiger partial charge in [-0.3, -0.25) is 9.59 Å². The summed E-state index contributed by atoms with van der Waals surface area (Å²) in [4.78, 5) is 28.2. The number of rotatable bonds is 4. The van der Waals surface area contributed by atoms with Crippen LogP contribution in [0.2, 0.25) is 0 Å². The maximum absolute atomic E-state index is 13.5. The van der Waals surface area contributed by atoms with E-state index >= 15 is 0 Å². The maximum Gasteiger partial charge on any atom is 0.282 e. The van der Waals surface area contributed by atoms with E-state index in [2.05, 4.69) is 38.2 Å². The number of hydrogen-bond acceptors (Lipinski definition) is 3. The third-order valence-electron chi connectivity index (χ3n) is 5.91. The SMILES string of the molecule is Cc1ccc(C2=C(Nc3ccc(C(C)(C)C)cc3)C(=O)N(c3ccccc3)C2=O)cc1C. The van der Waals surface area contributed by atoms with Crippen LogP contribution in [0.25, 0.3) is 5.57 Å². The molecule has 0 radical (unpaired) electrons. The van der Waals surface area contributed by atoms with Crippen LogP contribution < -0.4 is 10.2 Å². The number of carbonyl (C=O) groups is 2. The average molecular weight is 425 g/mol. The van der Waals surface area contributed by atoms with Crippen molar-refractivity contribution >= 4 is 28.8 Å². The molecule has 1 aliphatic rings. The summed E-state index contributed by atoms with van der Waals surface area (Å²) >= 11 is 0. The zero-order chi connectivity index (χ0) is 23.0. The smallest absolute Gasteiger partial charge is 0.282 e. The molecule has 0 fully saturated rings. The van der Waals surface area contributed by atoms with E-state index in [4.69, 9.17) is 0 Å². The van der Waals surface area contributed by atoms with Gasteiger partial charge in [-0.2, -0.15) is 0 Å². The predicted octanol–water partition coefficient (Wildman–Crippen LogP) is 6.00. The number of para-hydroxylation sites is 1. The fraction of sp³-hybridized carbons (Fsp3) is 0.214. The standard InChI is InChI=1S/C28H28N2O2/c1-18-11-12-20(17-19(18)2)24-25(29-22-15-13-21(14-16-22)28(3,4)5)27(32)30(26(24)31)23-9-7-6-8-10-23/h6-17,29H,1-5H3. The topological polar surface area (TPSA) is 49.4 Å². The van der Waals surface area contributed by atoms with Crippen molar-refractivity contribution in [3.05, 3.63) is 101 Å². The number of aryl methyl sites for hydroxylation is 2. The van der Waals surface area contributed by atoms with Gasteiger partial charge in [0.05, 0.1) is 11.3 Å². The van der Waals surface area contributed by atoms with Gasteiger partial charge in [0.25, 0.3) is 11.8 Å². The van der Waals surface area contributed by atoms with Crippen LogP contribution in [-0.4, -0.2) is 11.8 Å². The van der Waals surface area contributed by atoms with Gasteiger partial charge in [-0.05, 0) is 65.8 Å². The summed E-state index contributed by atoms with van der Waals surface area (Å²) in [6.45, 7) is 10.5. The minimum absolute atomic E-state index is 0.0334. The first-order chi connectivity index (χ1) is 15.2. The molecular formula is C28H28N2O2.